The molecule has 0 aromatic rings. The number of hydrogen-bond acceptors (Lipinski definition) is 3. The van der Waals surface area contributed by atoms with Crippen molar-refractivity contribution in [2.24, 2.45) is 22.7 Å². The maximum Gasteiger partial charge on any atom is 0.243 e. The van der Waals surface area contributed by atoms with E-state index in [9.17, 15) is 9.59 Å². The zero-order valence-electron chi connectivity index (χ0n) is 17.0. The van der Waals surface area contributed by atoms with E-state index in [1.807, 2.05) is 0 Å². The molecule has 1 aliphatic heterocycles. The lowest BCUT2D eigenvalue weighted by atomic mass is 9.95. The molecule has 4 aliphatic rings. The van der Waals surface area contributed by atoms with Crippen molar-refractivity contribution in [3.05, 3.63) is 0 Å². The zero-order chi connectivity index (χ0) is 19.0. The second-order valence-corrected chi connectivity index (χ2v) is 9.11. The molecule has 0 spiro atoms. The highest BCUT2D eigenvalue weighted by molar-refractivity contribution is 14.0. The molecule has 4 atom stereocenters. The normalized spacial score (nSPS) is 31.7. The first kappa shape index (κ1) is 21.6. The number of nitrogens with one attached hydrogen (secondary N) is 2. The monoisotopic (exact) mass is 503 g/mol. The minimum absolute atomic E-state index is 0. The van der Waals surface area contributed by atoms with Crippen LogP contribution >= 0.6 is 24.0 Å². The molecule has 7 nitrogen and oxygen atoms in total. The van der Waals surface area contributed by atoms with Gasteiger partial charge in [0.2, 0.25) is 11.8 Å². The van der Waals surface area contributed by atoms with Crippen LogP contribution in [0, 0.1) is 17.8 Å². The Balaban J connectivity index is 0.00000225. The number of amides is 2. The first-order valence-corrected chi connectivity index (χ1v) is 10.5. The molecule has 0 radical (unpaired) electrons. The Morgan fingerprint density at radius 3 is 2.61 bits per heavy atom. The van der Waals surface area contributed by atoms with Gasteiger partial charge in [-0.3, -0.25) is 9.59 Å². The van der Waals surface area contributed by atoms with E-state index < -0.39 is 0 Å². The van der Waals surface area contributed by atoms with Crippen LogP contribution in [0.15, 0.2) is 4.99 Å². The van der Waals surface area contributed by atoms with Gasteiger partial charge >= 0.3 is 0 Å². The van der Waals surface area contributed by atoms with Crippen LogP contribution in [0.2, 0.25) is 0 Å². The Morgan fingerprint density at radius 1 is 1.21 bits per heavy atom. The Bertz CT molecular complexity index is 622. The number of fused-ring (bicyclic) bond motifs is 2. The second kappa shape index (κ2) is 9.17. The van der Waals surface area contributed by atoms with Crippen LogP contribution in [0.5, 0.6) is 0 Å². The van der Waals surface area contributed by atoms with E-state index in [4.69, 9.17) is 0 Å². The SMILES string of the molecule is CN(C)C(=O)CN=C(NCC1CC(=O)N(C2CC2)C1)NC1CC2CCC1C2.I. The summed E-state index contributed by atoms with van der Waals surface area (Å²) in [6, 6.07) is 0.971. The van der Waals surface area contributed by atoms with Gasteiger partial charge in [-0.15, -0.1) is 24.0 Å². The van der Waals surface area contributed by atoms with E-state index in [1.54, 1.807) is 19.0 Å². The summed E-state index contributed by atoms with van der Waals surface area (Å²) in [7, 11) is 3.51. The summed E-state index contributed by atoms with van der Waals surface area (Å²) in [6.45, 7) is 1.74. The number of rotatable bonds is 6. The van der Waals surface area contributed by atoms with E-state index in [0.717, 1.165) is 43.7 Å². The highest BCUT2D eigenvalue weighted by atomic mass is 127. The fourth-order valence-electron chi connectivity index (χ4n) is 4.96. The van der Waals surface area contributed by atoms with Gasteiger partial charge in [0.25, 0.3) is 0 Å². The number of likely N-dealkylation sites (N-methyl/N-ethyl adjacent to an activating group) is 1. The first-order valence-electron chi connectivity index (χ1n) is 10.5. The topological polar surface area (TPSA) is 77.0 Å². The van der Waals surface area contributed by atoms with Crippen LogP contribution in [0.3, 0.4) is 0 Å². The molecular formula is C20H34IN5O2. The zero-order valence-corrected chi connectivity index (χ0v) is 19.4. The van der Waals surface area contributed by atoms with Crippen molar-refractivity contribution in [3.63, 3.8) is 0 Å². The van der Waals surface area contributed by atoms with Gasteiger partial charge in [-0.1, -0.05) is 6.42 Å². The molecule has 3 saturated carbocycles. The van der Waals surface area contributed by atoms with Gasteiger partial charge in [0, 0.05) is 51.6 Å². The number of carbonyl (C=O) groups is 2. The summed E-state index contributed by atoms with van der Waals surface area (Å²) in [5.74, 6) is 2.96. The van der Waals surface area contributed by atoms with Crippen molar-refractivity contribution in [1.82, 2.24) is 20.4 Å². The van der Waals surface area contributed by atoms with E-state index in [-0.39, 0.29) is 36.4 Å². The molecule has 2 N–H and O–H groups in total. The minimum atomic E-state index is -0.00000432. The fourth-order valence-corrected chi connectivity index (χ4v) is 4.96. The van der Waals surface area contributed by atoms with Gasteiger partial charge in [0.15, 0.2) is 5.96 Å². The molecule has 3 aliphatic carbocycles. The maximum atomic E-state index is 12.2. The Kier molecular flexibility index (Phi) is 7.09. The van der Waals surface area contributed by atoms with Crippen LogP contribution in [0.25, 0.3) is 0 Å². The first-order chi connectivity index (χ1) is 13.0. The van der Waals surface area contributed by atoms with Crippen molar-refractivity contribution in [1.29, 1.82) is 0 Å². The Morgan fingerprint density at radius 2 is 2.00 bits per heavy atom. The second-order valence-electron chi connectivity index (χ2n) is 9.11. The van der Waals surface area contributed by atoms with Crippen LogP contribution < -0.4 is 10.6 Å². The number of halogens is 1. The van der Waals surface area contributed by atoms with Gasteiger partial charge in [-0.2, -0.15) is 0 Å². The number of hydrogen-bond donors (Lipinski definition) is 2. The lowest BCUT2D eigenvalue weighted by Gasteiger charge is -2.26. The molecule has 1 heterocycles. The number of likely N-dealkylation sites (tertiary alicyclic amines) is 1. The molecule has 8 heteroatoms. The van der Waals surface area contributed by atoms with E-state index in [1.165, 1.54) is 25.7 Å². The quantitative estimate of drug-likeness (QED) is 0.327. The van der Waals surface area contributed by atoms with Crippen molar-refractivity contribution in [2.45, 2.75) is 57.0 Å². The smallest absolute Gasteiger partial charge is 0.243 e. The summed E-state index contributed by atoms with van der Waals surface area (Å²) in [5, 5.41) is 7.02. The lowest BCUT2D eigenvalue weighted by molar-refractivity contribution is -0.128. The molecule has 2 bridgehead atoms. The summed E-state index contributed by atoms with van der Waals surface area (Å²) >= 11 is 0. The summed E-state index contributed by atoms with van der Waals surface area (Å²) < 4.78 is 0. The third kappa shape index (κ3) is 5.10. The molecule has 158 valence electrons. The minimum Gasteiger partial charge on any atom is -0.356 e. The summed E-state index contributed by atoms with van der Waals surface area (Å²) in [5.41, 5.74) is 0. The van der Waals surface area contributed by atoms with Gasteiger partial charge < -0.3 is 20.4 Å². The molecule has 0 aromatic carbocycles. The highest BCUT2D eigenvalue weighted by Gasteiger charge is 2.41. The van der Waals surface area contributed by atoms with E-state index >= 15 is 0 Å². The van der Waals surface area contributed by atoms with Crippen LogP contribution in [-0.2, 0) is 9.59 Å². The van der Waals surface area contributed by atoms with E-state index in [2.05, 4.69) is 20.5 Å². The number of nitrogens with zero attached hydrogens (tertiary/aromatic N) is 3. The molecule has 4 unspecified atom stereocenters. The highest BCUT2D eigenvalue weighted by Crippen LogP contribution is 2.44. The van der Waals surface area contributed by atoms with Gasteiger partial charge in [-0.05, 0) is 43.9 Å². The molecule has 4 rings (SSSR count). The van der Waals surface area contributed by atoms with Crippen LogP contribution in [0.4, 0.5) is 0 Å². The standard InChI is InChI=1S/C20H33N5O2.HI/c1-24(2)19(27)11-22-20(23-17-8-13-3-4-15(17)7-13)21-10-14-9-18(26)25(12-14)16-5-6-16;/h13-17H,3-12H2,1-2H3,(H2,21,22,23);1H. The molecule has 1 saturated heterocycles. The molecule has 0 aromatic heterocycles. The average Bonchev–Trinajstić information content (AvgIpc) is 3.08. The van der Waals surface area contributed by atoms with Crippen molar-refractivity contribution in [2.75, 3.05) is 33.7 Å². The Labute approximate surface area is 185 Å². The van der Waals surface area contributed by atoms with E-state index in [0.29, 0.717) is 30.3 Å². The Hall–Kier alpha value is -1.06. The predicted octanol–water partition coefficient (Wildman–Crippen LogP) is 1.43. The van der Waals surface area contributed by atoms with Crippen LogP contribution in [-0.4, -0.2) is 73.4 Å². The van der Waals surface area contributed by atoms with Gasteiger partial charge in [0.05, 0.1) is 0 Å². The number of guanidine groups is 1. The average molecular weight is 503 g/mol. The third-order valence-electron chi connectivity index (χ3n) is 6.72. The summed E-state index contributed by atoms with van der Waals surface area (Å²) in [4.78, 5) is 32.3. The molecular weight excluding hydrogens is 469 g/mol. The van der Waals surface area contributed by atoms with Crippen molar-refractivity contribution in [3.8, 4) is 0 Å². The van der Waals surface area contributed by atoms with Gasteiger partial charge in [0.1, 0.15) is 6.54 Å². The van der Waals surface area contributed by atoms with Crippen LogP contribution in [0.1, 0.15) is 44.9 Å². The predicted molar refractivity (Wildman–Crippen MR) is 120 cm³/mol. The van der Waals surface area contributed by atoms with Gasteiger partial charge in [-0.25, -0.2) is 4.99 Å². The van der Waals surface area contributed by atoms with Crippen molar-refractivity contribution >= 4 is 41.8 Å². The molecule has 28 heavy (non-hydrogen) atoms. The number of aliphatic imine (C=N–C) groups is 1. The molecule has 2 amide bonds. The fraction of sp³-hybridized carbons (Fsp3) is 0.850. The lowest BCUT2D eigenvalue weighted by Crippen LogP contribution is -2.47. The molecule has 4 fully saturated rings. The largest absolute Gasteiger partial charge is 0.356 e. The third-order valence-corrected chi connectivity index (χ3v) is 6.72. The summed E-state index contributed by atoms with van der Waals surface area (Å²) in [6.07, 6.45) is 8.16. The maximum absolute atomic E-state index is 12.2. The number of carbonyl (C=O) groups excluding carboxylic acids is 2. The van der Waals surface area contributed by atoms with Crippen molar-refractivity contribution < 1.29 is 9.59 Å².